The van der Waals surface area contributed by atoms with Gasteiger partial charge in [-0.2, -0.15) is 0 Å². The van der Waals surface area contributed by atoms with Gasteiger partial charge in [0.05, 0.1) is 4.90 Å². The molecule has 0 atom stereocenters. The summed E-state index contributed by atoms with van der Waals surface area (Å²) in [6.45, 7) is 2.34. The number of sulfonamides is 1. The van der Waals surface area contributed by atoms with E-state index in [-0.39, 0.29) is 0 Å². The van der Waals surface area contributed by atoms with Gasteiger partial charge in [-0.1, -0.05) is 19.1 Å². The lowest BCUT2D eigenvalue weighted by Crippen LogP contribution is -2.23. The Balaban J connectivity index is 2.09. The highest BCUT2D eigenvalue weighted by Gasteiger charge is 2.13. The number of nitrogens with zero attached hydrogens (tertiary/aromatic N) is 1. The van der Waals surface area contributed by atoms with Crippen molar-refractivity contribution in [2.45, 2.75) is 24.8 Å². The predicted octanol–water partition coefficient (Wildman–Crippen LogP) is 2.07. The van der Waals surface area contributed by atoms with Gasteiger partial charge in [-0.25, -0.2) is 13.1 Å². The molecule has 0 saturated heterocycles. The van der Waals surface area contributed by atoms with Gasteiger partial charge in [-0.15, -0.1) is 0 Å². The Morgan fingerprint density at radius 1 is 1.11 bits per heavy atom. The van der Waals surface area contributed by atoms with E-state index in [0.717, 1.165) is 17.5 Å². The van der Waals surface area contributed by atoms with Gasteiger partial charge < -0.3 is 4.57 Å². The second-order valence-electron chi connectivity index (χ2n) is 4.51. The van der Waals surface area contributed by atoms with E-state index in [2.05, 4.69) is 4.72 Å². The average Bonchev–Trinajstić information content (AvgIpc) is 2.82. The van der Waals surface area contributed by atoms with E-state index >= 15 is 0 Å². The Kier molecular flexibility index (Phi) is 4.07. The molecule has 0 radical (unpaired) electrons. The lowest BCUT2D eigenvalue weighted by molar-refractivity contribution is 0.581. The molecule has 19 heavy (non-hydrogen) atoms. The van der Waals surface area contributed by atoms with E-state index in [1.165, 1.54) is 0 Å². The third-order valence-electron chi connectivity index (χ3n) is 3.00. The number of aromatic nitrogens is 1. The van der Waals surface area contributed by atoms with Gasteiger partial charge >= 0.3 is 0 Å². The summed E-state index contributed by atoms with van der Waals surface area (Å²) in [6, 6.07) is 8.87. The van der Waals surface area contributed by atoms with Crippen LogP contribution in [-0.2, 0) is 30.0 Å². The summed E-state index contributed by atoms with van der Waals surface area (Å²) in [6.07, 6.45) is 4.68. The second kappa shape index (κ2) is 5.59. The van der Waals surface area contributed by atoms with Crippen molar-refractivity contribution >= 4 is 10.0 Å². The van der Waals surface area contributed by atoms with Crippen molar-refractivity contribution in [1.29, 1.82) is 0 Å². The predicted molar refractivity (Wildman–Crippen MR) is 75.3 cm³/mol. The molecule has 0 unspecified atom stereocenters. The Hall–Kier alpha value is -1.59. The zero-order chi connectivity index (χ0) is 13.9. The van der Waals surface area contributed by atoms with Gasteiger partial charge in [0.1, 0.15) is 0 Å². The maximum absolute atomic E-state index is 12.1. The molecule has 0 aliphatic carbocycles. The van der Waals surface area contributed by atoms with E-state index in [9.17, 15) is 8.42 Å². The van der Waals surface area contributed by atoms with E-state index < -0.39 is 10.0 Å². The summed E-state index contributed by atoms with van der Waals surface area (Å²) in [4.78, 5) is 0.306. The molecule has 0 saturated carbocycles. The summed E-state index contributed by atoms with van der Waals surface area (Å²) in [5.41, 5.74) is 2.07. The molecular weight excluding hydrogens is 260 g/mol. The average molecular weight is 278 g/mol. The molecule has 2 rings (SSSR count). The quantitative estimate of drug-likeness (QED) is 0.910. The first kappa shape index (κ1) is 13.8. The molecule has 0 spiro atoms. The van der Waals surface area contributed by atoms with Crippen LogP contribution in [0.2, 0.25) is 0 Å². The van der Waals surface area contributed by atoms with Crippen molar-refractivity contribution in [2.75, 3.05) is 0 Å². The number of rotatable bonds is 5. The Bertz CT molecular complexity index is 642. The van der Waals surface area contributed by atoms with Gasteiger partial charge in [-0.05, 0) is 35.7 Å². The van der Waals surface area contributed by atoms with Gasteiger partial charge in [0, 0.05) is 26.0 Å². The highest BCUT2D eigenvalue weighted by atomic mass is 32.2. The molecule has 1 aromatic heterocycles. The second-order valence-corrected chi connectivity index (χ2v) is 6.27. The standard InChI is InChI=1S/C14H18N2O2S/c1-3-12-4-6-14(7-5-12)19(17,18)15-10-13-8-9-16(2)11-13/h4-9,11,15H,3,10H2,1-2H3. The molecule has 0 amide bonds. The number of benzene rings is 1. The fourth-order valence-corrected chi connectivity index (χ4v) is 2.85. The van der Waals surface area contributed by atoms with Crippen molar-refractivity contribution < 1.29 is 8.42 Å². The van der Waals surface area contributed by atoms with Crippen LogP contribution in [0.15, 0.2) is 47.6 Å². The van der Waals surface area contributed by atoms with E-state index in [1.807, 2.05) is 49.1 Å². The number of hydrogen-bond acceptors (Lipinski definition) is 2. The molecule has 0 aliphatic heterocycles. The van der Waals surface area contributed by atoms with Crippen LogP contribution in [0.5, 0.6) is 0 Å². The summed E-state index contributed by atoms with van der Waals surface area (Å²) >= 11 is 0. The molecule has 0 aliphatic rings. The zero-order valence-corrected chi connectivity index (χ0v) is 11.9. The largest absolute Gasteiger partial charge is 0.357 e. The Morgan fingerprint density at radius 2 is 1.79 bits per heavy atom. The van der Waals surface area contributed by atoms with Crippen LogP contribution in [0, 0.1) is 0 Å². The first-order valence-corrected chi connectivity index (χ1v) is 7.69. The molecule has 2 aromatic rings. The maximum atomic E-state index is 12.1. The zero-order valence-electron chi connectivity index (χ0n) is 11.1. The van der Waals surface area contributed by atoms with E-state index in [4.69, 9.17) is 0 Å². The molecule has 0 bridgehead atoms. The minimum Gasteiger partial charge on any atom is -0.357 e. The first-order valence-electron chi connectivity index (χ1n) is 6.21. The smallest absolute Gasteiger partial charge is 0.240 e. The van der Waals surface area contributed by atoms with Crippen molar-refractivity contribution in [1.82, 2.24) is 9.29 Å². The molecule has 0 fully saturated rings. The highest BCUT2D eigenvalue weighted by molar-refractivity contribution is 7.89. The van der Waals surface area contributed by atoms with Crippen LogP contribution in [0.4, 0.5) is 0 Å². The summed E-state index contributed by atoms with van der Waals surface area (Å²) < 4.78 is 28.7. The first-order chi connectivity index (χ1) is 9.01. The van der Waals surface area contributed by atoms with Crippen LogP contribution in [-0.4, -0.2) is 13.0 Å². The number of nitrogens with one attached hydrogen (secondary N) is 1. The normalized spacial score (nSPS) is 11.7. The molecule has 1 aromatic carbocycles. The minimum absolute atomic E-state index is 0.304. The lowest BCUT2D eigenvalue weighted by Gasteiger charge is -2.06. The summed E-state index contributed by atoms with van der Waals surface area (Å²) in [5, 5.41) is 0. The highest BCUT2D eigenvalue weighted by Crippen LogP contribution is 2.11. The van der Waals surface area contributed by atoms with Crippen molar-refractivity contribution in [3.05, 3.63) is 53.9 Å². The number of aryl methyl sites for hydroxylation is 2. The van der Waals surface area contributed by atoms with Crippen molar-refractivity contribution in [3.63, 3.8) is 0 Å². The third-order valence-corrected chi connectivity index (χ3v) is 4.42. The van der Waals surface area contributed by atoms with Crippen LogP contribution < -0.4 is 4.72 Å². The van der Waals surface area contributed by atoms with E-state index in [0.29, 0.717) is 11.4 Å². The fraction of sp³-hybridized carbons (Fsp3) is 0.286. The van der Waals surface area contributed by atoms with Gasteiger partial charge in [0.15, 0.2) is 0 Å². The van der Waals surface area contributed by atoms with Gasteiger partial charge in [-0.3, -0.25) is 0 Å². The Labute approximate surface area is 114 Å². The van der Waals surface area contributed by atoms with Gasteiger partial charge in [0.25, 0.3) is 0 Å². The Morgan fingerprint density at radius 3 is 2.32 bits per heavy atom. The molecule has 1 N–H and O–H groups in total. The lowest BCUT2D eigenvalue weighted by atomic mass is 10.2. The van der Waals surface area contributed by atoms with Crippen LogP contribution in [0.25, 0.3) is 0 Å². The molecule has 4 nitrogen and oxygen atoms in total. The number of hydrogen-bond donors (Lipinski definition) is 1. The molecule has 1 heterocycles. The van der Waals surface area contributed by atoms with Crippen LogP contribution >= 0.6 is 0 Å². The summed E-state index contributed by atoms with van der Waals surface area (Å²) in [5.74, 6) is 0. The van der Waals surface area contributed by atoms with Crippen molar-refractivity contribution in [2.24, 2.45) is 7.05 Å². The topological polar surface area (TPSA) is 51.1 Å². The summed E-state index contributed by atoms with van der Waals surface area (Å²) in [7, 11) is -1.53. The minimum atomic E-state index is -3.43. The molecular formula is C14H18N2O2S. The van der Waals surface area contributed by atoms with Crippen molar-refractivity contribution in [3.8, 4) is 0 Å². The van der Waals surface area contributed by atoms with Gasteiger partial charge in [0.2, 0.25) is 10.0 Å². The third kappa shape index (κ3) is 3.45. The SMILES string of the molecule is CCc1ccc(S(=O)(=O)NCc2ccn(C)c2)cc1. The van der Waals surface area contributed by atoms with Crippen LogP contribution in [0.1, 0.15) is 18.1 Å². The monoisotopic (exact) mass is 278 g/mol. The maximum Gasteiger partial charge on any atom is 0.240 e. The van der Waals surface area contributed by atoms with Crippen LogP contribution in [0.3, 0.4) is 0 Å². The fourth-order valence-electron chi connectivity index (χ4n) is 1.83. The van der Waals surface area contributed by atoms with E-state index in [1.54, 1.807) is 12.1 Å². The molecule has 102 valence electrons. The molecule has 5 heteroatoms.